The molecule has 3 N–H and O–H groups in total. The number of urea groups is 1. The molecule has 1 aromatic carbocycles. The Balaban J connectivity index is 1.45. The van der Waals surface area contributed by atoms with Crippen molar-refractivity contribution in [2.75, 3.05) is 26.2 Å². The van der Waals surface area contributed by atoms with E-state index in [2.05, 4.69) is 20.6 Å². The van der Waals surface area contributed by atoms with Gasteiger partial charge in [0, 0.05) is 54.4 Å². The molecule has 1 aliphatic carbocycles. The van der Waals surface area contributed by atoms with E-state index in [1.165, 1.54) is 6.42 Å². The lowest BCUT2D eigenvalue weighted by Crippen LogP contribution is -2.56. The van der Waals surface area contributed by atoms with Gasteiger partial charge in [-0.2, -0.15) is 0 Å². The van der Waals surface area contributed by atoms with Gasteiger partial charge in [0.05, 0.1) is 18.3 Å². The number of nitrogens with one attached hydrogen (secondary N) is 3. The Bertz CT molecular complexity index is 1150. The van der Waals surface area contributed by atoms with Gasteiger partial charge in [0.1, 0.15) is 6.04 Å². The molecule has 40 heavy (non-hydrogen) atoms. The predicted molar refractivity (Wildman–Crippen MR) is 154 cm³/mol. The lowest BCUT2D eigenvalue weighted by molar-refractivity contribution is -0.166. The fourth-order valence-electron chi connectivity index (χ4n) is 6.10. The van der Waals surface area contributed by atoms with Gasteiger partial charge in [-0.05, 0) is 56.2 Å². The molecule has 1 saturated heterocycles. The van der Waals surface area contributed by atoms with Crippen LogP contribution >= 0.6 is 23.2 Å². The van der Waals surface area contributed by atoms with Crippen molar-refractivity contribution in [2.24, 2.45) is 11.3 Å². The number of rotatable bonds is 10. The van der Waals surface area contributed by atoms with E-state index in [1.807, 2.05) is 6.92 Å². The number of amides is 3. The molecule has 1 unspecified atom stereocenters. The number of nitrogens with zero attached hydrogens (tertiary/aromatic N) is 2. The van der Waals surface area contributed by atoms with E-state index in [-0.39, 0.29) is 24.2 Å². The Morgan fingerprint density at radius 1 is 1.18 bits per heavy atom. The van der Waals surface area contributed by atoms with Crippen LogP contribution in [-0.4, -0.2) is 65.1 Å². The Kier molecular flexibility index (Phi) is 10.7. The van der Waals surface area contributed by atoms with Crippen molar-refractivity contribution in [1.29, 1.82) is 0 Å². The molecular formula is C29H39Cl2N5O4. The SMILES string of the molecule is CCOC(=O)C1(C2CCCCC2)CCN(C(=O)C(Cc2ccc(Cl)cc2Cl)NC(=O)NCCc2cnc[nH]2)CC1. The number of carbonyl (C=O) groups is 3. The molecule has 4 rings (SSSR count). The first-order valence-corrected chi connectivity index (χ1v) is 15.0. The maximum absolute atomic E-state index is 13.8. The summed E-state index contributed by atoms with van der Waals surface area (Å²) in [7, 11) is 0. The molecule has 1 aliphatic heterocycles. The Morgan fingerprint density at radius 3 is 2.58 bits per heavy atom. The average Bonchev–Trinajstić information content (AvgIpc) is 3.48. The highest BCUT2D eigenvalue weighted by Crippen LogP contribution is 2.47. The van der Waals surface area contributed by atoms with Crippen molar-refractivity contribution < 1.29 is 19.1 Å². The fourth-order valence-corrected chi connectivity index (χ4v) is 6.59. The molecule has 1 saturated carbocycles. The molecule has 2 fully saturated rings. The highest BCUT2D eigenvalue weighted by atomic mass is 35.5. The van der Waals surface area contributed by atoms with Crippen LogP contribution in [0.5, 0.6) is 0 Å². The van der Waals surface area contributed by atoms with Gasteiger partial charge < -0.3 is 25.3 Å². The van der Waals surface area contributed by atoms with E-state index in [0.29, 0.717) is 61.1 Å². The molecule has 3 amide bonds. The number of aromatic nitrogens is 2. The monoisotopic (exact) mass is 591 g/mol. The summed E-state index contributed by atoms with van der Waals surface area (Å²) in [6.45, 7) is 3.43. The van der Waals surface area contributed by atoms with Crippen LogP contribution in [0.1, 0.15) is 63.1 Å². The largest absolute Gasteiger partial charge is 0.466 e. The standard InChI is InChI=1S/C29H39Cl2N5O4/c1-2-40-27(38)29(21-6-4-3-5-7-21)11-14-36(15-12-29)26(37)25(16-20-8-9-22(30)17-24(20)31)35-28(39)33-13-10-23-18-32-19-34-23/h8-9,17-19,21,25H,2-7,10-16H2,1H3,(H,32,34)(H2,33,35,39). The van der Waals surface area contributed by atoms with Crippen LogP contribution in [0.2, 0.25) is 10.0 Å². The summed E-state index contributed by atoms with van der Waals surface area (Å²) in [4.78, 5) is 48.7. The minimum atomic E-state index is -0.837. The molecule has 0 bridgehead atoms. The fraction of sp³-hybridized carbons (Fsp3) is 0.586. The van der Waals surface area contributed by atoms with Crippen molar-refractivity contribution in [1.82, 2.24) is 25.5 Å². The number of halogens is 2. The first-order chi connectivity index (χ1) is 19.3. The zero-order valence-corrected chi connectivity index (χ0v) is 24.5. The number of carbonyl (C=O) groups excluding carboxylic acids is 3. The molecule has 9 nitrogen and oxygen atoms in total. The first-order valence-electron chi connectivity index (χ1n) is 14.2. The molecular weight excluding hydrogens is 553 g/mol. The Hall–Kier alpha value is -2.78. The van der Waals surface area contributed by atoms with Crippen molar-refractivity contribution >= 4 is 41.1 Å². The summed E-state index contributed by atoms with van der Waals surface area (Å²) in [5.41, 5.74) is 1.05. The summed E-state index contributed by atoms with van der Waals surface area (Å²) >= 11 is 12.5. The maximum Gasteiger partial charge on any atom is 0.315 e. The lowest BCUT2D eigenvalue weighted by atomic mass is 9.63. The van der Waals surface area contributed by atoms with Crippen molar-refractivity contribution in [2.45, 2.75) is 70.8 Å². The van der Waals surface area contributed by atoms with E-state index in [1.54, 1.807) is 35.6 Å². The topological polar surface area (TPSA) is 116 Å². The minimum absolute atomic E-state index is 0.131. The normalized spacial score (nSPS) is 18.1. The van der Waals surface area contributed by atoms with E-state index >= 15 is 0 Å². The lowest BCUT2D eigenvalue weighted by Gasteiger charge is -2.46. The highest BCUT2D eigenvalue weighted by molar-refractivity contribution is 6.35. The van der Waals surface area contributed by atoms with Gasteiger partial charge in [0.25, 0.3) is 0 Å². The smallest absolute Gasteiger partial charge is 0.315 e. The number of hydrogen-bond donors (Lipinski definition) is 3. The predicted octanol–water partition coefficient (Wildman–Crippen LogP) is 4.92. The summed E-state index contributed by atoms with van der Waals surface area (Å²) in [6.07, 6.45) is 10.7. The van der Waals surface area contributed by atoms with Gasteiger partial charge in [0.15, 0.2) is 0 Å². The number of benzene rings is 1. The van der Waals surface area contributed by atoms with Gasteiger partial charge in [-0.25, -0.2) is 9.78 Å². The molecule has 2 aromatic rings. The second kappa shape index (κ2) is 14.2. The minimum Gasteiger partial charge on any atom is -0.466 e. The Labute approximate surface area is 245 Å². The number of imidazole rings is 1. The van der Waals surface area contributed by atoms with E-state index < -0.39 is 17.5 Å². The van der Waals surface area contributed by atoms with Crippen LogP contribution in [0.15, 0.2) is 30.7 Å². The average molecular weight is 593 g/mol. The van der Waals surface area contributed by atoms with Gasteiger partial charge >= 0.3 is 12.0 Å². The molecule has 218 valence electrons. The van der Waals surface area contributed by atoms with Gasteiger partial charge in [-0.1, -0.05) is 48.5 Å². The molecule has 0 spiro atoms. The number of hydrogen-bond acceptors (Lipinski definition) is 5. The number of esters is 1. The highest BCUT2D eigenvalue weighted by Gasteiger charge is 2.49. The summed E-state index contributed by atoms with van der Waals surface area (Å²) in [5, 5.41) is 6.61. The summed E-state index contributed by atoms with van der Waals surface area (Å²) in [6, 6.07) is 3.84. The molecule has 1 aromatic heterocycles. The summed E-state index contributed by atoms with van der Waals surface area (Å²) in [5.74, 6) is -0.0518. The van der Waals surface area contributed by atoms with Crippen LogP contribution in [-0.2, 0) is 27.2 Å². The molecule has 2 aliphatic rings. The number of H-pyrrole nitrogens is 1. The third kappa shape index (κ3) is 7.49. The van der Waals surface area contributed by atoms with E-state index in [9.17, 15) is 14.4 Å². The zero-order chi connectivity index (χ0) is 28.5. The van der Waals surface area contributed by atoms with Crippen molar-refractivity contribution in [3.8, 4) is 0 Å². The molecule has 11 heteroatoms. The van der Waals surface area contributed by atoms with Crippen LogP contribution in [0.25, 0.3) is 0 Å². The van der Waals surface area contributed by atoms with Crippen LogP contribution < -0.4 is 10.6 Å². The van der Waals surface area contributed by atoms with Crippen molar-refractivity contribution in [3.05, 3.63) is 52.0 Å². The molecule has 1 atom stereocenters. The number of likely N-dealkylation sites (tertiary alicyclic amines) is 1. The zero-order valence-electron chi connectivity index (χ0n) is 23.0. The first kappa shape index (κ1) is 30.2. The summed E-state index contributed by atoms with van der Waals surface area (Å²) < 4.78 is 5.56. The van der Waals surface area contributed by atoms with E-state index in [4.69, 9.17) is 27.9 Å². The third-order valence-corrected chi connectivity index (χ3v) is 8.90. The van der Waals surface area contributed by atoms with Gasteiger partial charge in [-0.15, -0.1) is 0 Å². The van der Waals surface area contributed by atoms with Gasteiger partial charge in [-0.3, -0.25) is 9.59 Å². The second-order valence-electron chi connectivity index (χ2n) is 10.8. The quantitative estimate of drug-likeness (QED) is 0.339. The Morgan fingerprint density at radius 2 is 1.93 bits per heavy atom. The number of aromatic amines is 1. The number of piperidine rings is 1. The molecule has 2 heterocycles. The van der Waals surface area contributed by atoms with Crippen LogP contribution in [0.3, 0.4) is 0 Å². The molecule has 0 radical (unpaired) electrons. The number of ether oxygens (including phenoxy) is 1. The van der Waals surface area contributed by atoms with E-state index in [0.717, 1.165) is 31.4 Å². The van der Waals surface area contributed by atoms with Crippen molar-refractivity contribution in [3.63, 3.8) is 0 Å². The maximum atomic E-state index is 13.8. The second-order valence-corrected chi connectivity index (χ2v) is 11.6. The van der Waals surface area contributed by atoms with Crippen LogP contribution in [0.4, 0.5) is 4.79 Å². The van der Waals surface area contributed by atoms with Gasteiger partial charge in [0.2, 0.25) is 5.91 Å². The van der Waals surface area contributed by atoms with Crippen LogP contribution in [0, 0.1) is 11.3 Å². The third-order valence-electron chi connectivity index (χ3n) is 8.31.